The molecule has 1 aliphatic heterocycles. The van der Waals surface area contributed by atoms with Gasteiger partial charge in [-0.05, 0) is 49.9 Å². The lowest BCUT2D eigenvalue weighted by Gasteiger charge is -2.37. The summed E-state index contributed by atoms with van der Waals surface area (Å²) in [5.41, 5.74) is 4.17. The van der Waals surface area contributed by atoms with Crippen molar-refractivity contribution in [2.75, 3.05) is 25.0 Å². The van der Waals surface area contributed by atoms with Gasteiger partial charge in [0.15, 0.2) is 11.0 Å². The summed E-state index contributed by atoms with van der Waals surface area (Å²) < 4.78 is 0. The van der Waals surface area contributed by atoms with E-state index in [4.69, 9.17) is 11.6 Å². The quantitative estimate of drug-likeness (QED) is 0.843. The van der Waals surface area contributed by atoms with Gasteiger partial charge in [-0.3, -0.25) is 4.90 Å². The SMILES string of the molecule is Cc1ccc(C)c(CN2CCC(N(C)c3ccc(Cl)nn3)CC2)c1. The zero-order valence-corrected chi connectivity index (χ0v) is 15.4. The molecule has 1 aromatic carbocycles. The summed E-state index contributed by atoms with van der Waals surface area (Å²) in [6.07, 6.45) is 2.29. The van der Waals surface area contributed by atoms with Gasteiger partial charge in [0.25, 0.3) is 0 Å². The molecule has 2 aromatic rings. The Morgan fingerprint density at radius 2 is 1.88 bits per heavy atom. The number of aromatic nitrogens is 2. The molecule has 128 valence electrons. The average molecular weight is 345 g/mol. The molecule has 0 radical (unpaired) electrons. The van der Waals surface area contributed by atoms with Crippen LogP contribution in [0.25, 0.3) is 0 Å². The topological polar surface area (TPSA) is 32.3 Å². The molecule has 1 aliphatic rings. The van der Waals surface area contributed by atoms with Crippen molar-refractivity contribution in [2.24, 2.45) is 0 Å². The van der Waals surface area contributed by atoms with Crippen molar-refractivity contribution in [1.29, 1.82) is 0 Å². The Morgan fingerprint density at radius 1 is 1.12 bits per heavy atom. The van der Waals surface area contributed by atoms with E-state index in [0.29, 0.717) is 11.2 Å². The summed E-state index contributed by atoms with van der Waals surface area (Å²) in [5, 5.41) is 8.58. The first kappa shape index (κ1) is 17.2. The van der Waals surface area contributed by atoms with E-state index >= 15 is 0 Å². The van der Waals surface area contributed by atoms with Gasteiger partial charge in [0.2, 0.25) is 0 Å². The van der Waals surface area contributed by atoms with Gasteiger partial charge in [0.05, 0.1) is 0 Å². The van der Waals surface area contributed by atoms with Crippen molar-refractivity contribution in [3.05, 3.63) is 52.2 Å². The number of hydrogen-bond acceptors (Lipinski definition) is 4. The summed E-state index contributed by atoms with van der Waals surface area (Å²) in [4.78, 5) is 4.79. The number of nitrogens with zero attached hydrogens (tertiary/aromatic N) is 4. The molecule has 5 heteroatoms. The number of benzene rings is 1. The van der Waals surface area contributed by atoms with Gasteiger partial charge in [-0.15, -0.1) is 10.2 Å². The molecule has 0 saturated carbocycles. The van der Waals surface area contributed by atoms with Gasteiger partial charge in [-0.25, -0.2) is 0 Å². The highest BCUT2D eigenvalue weighted by Gasteiger charge is 2.23. The maximum atomic E-state index is 5.82. The molecule has 2 heterocycles. The van der Waals surface area contributed by atoms with Crippen molar-refractivity contribution < 1.29 is 0 Å². The highest BCUT2D eigenvalue weighted by Crippen LogP contribution is 2.22. The molecule has 3 rings (SSSR count). The van der Waals surface area contributed by atoms with Crippen molar-refractivity contribution >= 4 is 17.4 Å². The first-order valence-electron chi connectivity index (χ1n) is 8.53. The second-order valence-corrected chi connectivity index (χ2v) is 7.15. The van der Waals surface area contributed by atoms with Crippen molar-refractivity contribution in [1.82, 2.24) is 15.1 Å². The standard InChI is InChI=1S/C19H25ClN4/c1-14-4-5-15(2)16(12-14)13-24-10-8-17(9-11-24)23(3)19-7-6-18(20)21-22-19/h4-7,12,17H,8-11,13H2,1-3H3. The molecule has 0 atom stereocenters. The van der Waals surface area contributed by atoms with Gasteiger partial charge < -0.3 is 4.90 Å². The Bertz CT molecular complexity index is 678. The van der Waals surface area contributed by atoms with E-state index < -0.39 is 0 Å². The van der Waals surface area contributed by atoms with Crippen LogP contribution in [-0.4, -0.2) is 41.3 Å². The zero-order chi connectivity index (χ0) is 17.1. The van der Waals surface area contributed by atoms with Crippen LogP contribution in [0.5, 0.6) is 0 Å². The number of piperidine rings is 1. The second-order valence-electron chi connectivity index (χ2n) is 6.76. The van der Waals surface area contributed by atoms with Crippen LogP contribution in [0.15, 0.2) is 30.3 Å². The number of rotatable bonds is 4. The van der Waals surface area contributed by atoms with Crippen LogP contribution >= 0.6 is 11.6 Å². The summed E-state index contributed by atoms with van der Waals surface area (Å²) in [6, 6.07) is 11.0. The monoisotopic (exact) mass is 344 g/mol. The Morgan fingerprint density at radius 3 is 2.54 bits per heavy atom. The number of aryl methyl sites for hydroxylation is 2. The third-order valence-electron chi connectivity index (χ3n) is 4.98. The zero-order valence-electron chi connectivity index (χ0n) is 14.7. The Balaban J connectivity index is 1.57. The van der Waals surface area contributed by atoms with Crippen LogP contribution in [0.1, 0.15) is 29.5 Å². The maximum absolute atomic E-state index is 5.82. The minimum Gasteiger partial charge on any atom is -0.355 e. The number of halogens is 1. The molecule has 0 aliphatic carbocycles. The van der Waals surface area contributed by atoms with Crippen molar-refractivity contribution in [3.63, 3.8) is 0 Å². The molecule has 1 fully saturated rings. The molecule has 0 bridgehead atoms. The second kappa shape index (κ2) is 7.49. The van der Waals surface area contributed by atoms with Gasteiger partial charge in [-0.1, -0.05) is 35.4 Å². The Labute approximate surface area is 149 Å². The van der Waals surface area contributed by atoms with E-state index in [1.165, 1.54) is 16.7 Å². The molecule has 0 spiro atoms. The molecular weight excluding hydrogens is 320 g/mol. The van der Waals surface area contributed by atoms with Crippen molar-refractivity contribution in [2.45, 2.75) is 39.3 Å². The van der Waals surface area contributed by atoms with Crippen LogP contribution in [0, 0.1) is 13.8 Å². The van der Waals surface area contributed by atoms with E-state index in [2.05, 4.69) is 59.1 Å². The molecule has 0 N–H and O–H groups in total. The van der Waals surface area contributed by atoms with Gasteiger partial charge >= 0.3 is 0 Å². The fraction of sp³-hybridized carbons (Fsp3) is 0.474. The third-order valence-corrected chi connectivity index (χ3v) is 5.18. The number of likely N-dealkylation sites (tertiary alicyclic amines) is 1. The summed E-state index contributed by atoms with van der Waals surface area (Å²) in [6.45, 7) is 7.64. The highest BCUT2D eigenvalue weighted by molar-refractivity contribution is 6.29. The van der Waals surface area contributed by atoms with Crippen LogP contribution in [-0.2, 0) is 6.54 Å². The largest absolute Gasteiger partial charge is 0.355 e. The lowest BCUT2D eigenvalue weighted by molar-refractivity contribution is 0.203. The third kappa shape index (κ3) is 4.05. The molecule has 1 aromatic heterocycles. The minimum atomic E-state index is 0.440. The first-order valence-corrected chi connectivity index (χ1v) is 8.91. The number of anilines is 1. The fourth-order valence-corrected chi connectivity index (χ4v) is 3.46. The van der Waals surface area contributed by atoms with E-state index in [1.807, 2.05) is 6.07 Å². The summed E-state index contributed by atoms with van der Waals surface area (Å²) in [7, 11) is 2.10. The van der Waals surface area contributed by atoms with Crippen LogP contribution in [0.3, 0.4) is 0 Å². The molecule has 4 nitrogen and oxygen atoms in total. The molecule has 1 saturated heterocycles. The molecular formula is C19H25ClN4. The van der Waals surface area contributed by atoms with E-state index in [0.717, 1.165) is 38.3 Å². The molecule has 0 unspecified atom stereocenters. The average Bonchev–Trinajstić information content (AvgIpc) is 2.59. The van der Waals surface area contributed by atoms with Gasteiger partial charge in [0, 0.05) is 32.7 Å². The smallest absolute Gasteiger partial charge is 0.151 e. The predicted molar refractivity (Wildman–Crippen MR) is 99.7 cm³/mol. The Hall–Kier alpha value is -1.65. The van der Waals surface area contributed by atoms with Crippen LogP contribution in [0.2, 0.25) is 5.15 Å². The first-order chi connectivity index (χ1) is 11.5. The molecule has 24 heavy (non-hydrogen) atoms. The van der Waals surface area contributed by atoms with E-state index in [1.54, 1.807) is 6.07 Å². The van der Waals surface area contributed by atoms with E-state index in [-0.39, 0.29) is 0 Å². The number of hydrogen-bond donors (Lipinski definition) is 0. The van der Waals surface area contributed by atoms with Gasteiger partial charge in [-0.2, -0.15) is 0 Å². The summed E-state index contributed by atoms with van der Waals surface area (Å²) >= 11 is 5.82. The normalized spacial score (nSPS) is 16.3. The van der Waals surface area contributed by atoms with Crippen LogP contribution < -0.4 is 4.90 Å². The van der Waals surface area contributed by atoms with Crippen LogP contribution in [0.4, 0.5) is 5.82 Å². The maximum Gasteiger partial charge on any atom is 0.151 e. The van der Waals surface area contributed by atoms with Gasteiger partial charge in [0.1, 0.15) is 0 Å². The lowest BCUT2D eigenvalue weighted by Crippen LogP contribution is -2.43. The molecule has 0 amide bonds. The minimum absolute atomic E-state index is 0.440. The lowest BCUT2D eigenvalue weighted by atomic mass is 10.0. The summed E-state index contributed by atoms with van der Waals surface area (Å²) in [5.74, 6) is 0.896. The Kier molecular flexibility index (Phi) is 5.36. The fourth-order valence-electron chi connectivity index (χ4n) is 3.36. The predicted octanol–water partition coefficient (Wildman–Crippen LogP) is 3.85. The highest BCUT2D eigenvalue weighted by atomic mass is 35.5. The van der Waals surface area contributed by atoms with Crippen molar-refractivity contribution in [3.8, 4) is 0 Å². The van der Waals surface area contributed by atoms with E-state index in [9.17, 15) is 0 Å².